The SMILES string of the molecule is FC(F)(F)c1ccc(CN2CC[C@@]3(CCCCN3)C2)cc1. The van der Waals surface area contributed by atoms with E-state index >= 15 is 0 Å². The summed E-state index contributed by atoms with van der Waals surface area (Å²) >= 11 is 0. The molecule has 1 aromatic rings. The molecule has 1 N–H and O–H groups in total. The van der Waals surface area contributed by atoms with E-state index in [1.807, 2.05) is 0 Å². The van der Waals surface area contributed by atoms with Gasteiger partial charge in [-0.05, 0) is 43.5 Å². The van der Waals surface area contributed by atoms with E-state index in [1.54, 1.807) is 12.1 Å². The maximum absolute atomic E-state index is 12.5. The van der Waals surface area contributed by atoms with Crippen LogP contribution in [-0.4, -0.2) is 30.1 Å². The zero-order chi connectivity index (χ0) is 14.9. The van der Waals surface area contributed by atoms with Gasteiger partial charge in [-0.3, -0.25) is 4.90 Å². The number of benzene rings is 1. The summed E-state index contributed by atoms with van der Waals surface area (Å²) in [4.78, 5) is 2.35. The summed E-state index contributed by atoms with van der Waals surface area (Å²) in [5.41, 5.74) is 0.637. The van der Waals surface area contributed by atoms with Crippen LogP contribution in [0.25, 0.3) is 0 Å². The third-order valence-electron chi connectivity index (χ3n) is 4.70. The van der Waals surface area contributed by atoms with E-state index in [9.17, 15) is 13.2 Å². The van der Waals surface area contributed by atoms with E-state index in [0.29, 0.717) is 0 Å². The maximum atomic E-state index is 12.5. The monoisotopic (exact) mass is 298 g/mol. The fraction of sp³-hybridized carbons (Fsp3) is 0.625. The highest BCUT2D eigenvalue weighted by atomic mass is 19.4. The van der Waals surface area contributed by atoms with Crippen molar-refractivity contribution in [2.75, 3.05) is 19.6 Å². The van der Waals surface area contributed by atoms with Gasteiger partial charge >= 0.3 is 6.18 Å². The first-order valence-electron chi connectivity index (χ1n) is 7.60. The predicted octanol–water partition coefficient (Wildman–Crippen LogP) is 3.42. The third kappa shape index (κ3) is 3.40. The molecule has 0 saturated carbocycles. The number of halogens is 3. The van der Waals surface area contributed by atoms with Crippen molar-refractivity contribution in [1.82, 2.24) is 10.2 Å². The number of piperidine rings is 1. The molecular weight excluding hydrogens is 277 g/mol. The minimum absolute atomic E-state index is 0.254. The summed E-state index contributed by atoms with van der Waals surface area (Å²) in [5, 5.41) is 3.65. The lowest BCUT2D eigenvalue weighted by Gasteiger charge is -2.35. The smallest absolute Gasteiger partial charge is 0.310 e. The average Bonchev–Trinajstić information content (AvgIpc) is 2.82. The molecule has 21 heavy (non-hydrogen) atoms. The number of nitrogens with zero attached hydrogens (tertiary/aromatic N) is 1. The summed E-state index contributed by atoms with van der Waals surface area (Å²) in [6.45, 7) is 3.86. The standard InChI is InChI=1S/C16H21F3N2/c17-16(18,19)14-5-3-13(4-6-14)11-21-10-8-15(12-21)7-1-2-9-20-15/h3-6,20H,1-2,7-12H2/t15-/m0/s1. The Morgan fingerprint density at radius 3 is 2.48 bits per heavy atom. The van der Waals surface area contributed by atoms with Crippen LogP contribution in [0.5, 0.6) is 0 Å². The molecule has 2 saturated heterocycles. The van der Waals surface area contributed by atoms with Gasteiger partial charge in [0.15, 0.2) is 0 Å². The van der Waals surface area contributed by atoms with Crippen molar-refractivity contribution >= 4 is 0 Å². The summed E-state index contributed by atoms with van der Waals surface area (Å²) in [6, 6.07) is 5.56. The molecule has 0 amide bonds. The van der Waals surface area contributed by atoms with Crippen LogP contribution in [0.15, 0.2) is 24.3 Å². The fourth-order valence-corrected chi connectivity index (χ4v) is 3.53. The van der Waals surface area contributed by atoms with Crippen molar-refractivity contribution in [3.8, 4) is 0 Å². The average molecular weight is 298 g/mol. The molecule has 2 heterocycles. The highest BCUT2D eigenvalue weighted by Crippen LogP contribution is 2.31. The molecule has 1 atom stereocenters. The zero-order valence-corrected chi connectivity index (χ0v) is 12.0. The predicted molar refractivity (Wildman–Crippen MR) is 75.9 cm³/mol. The third-order valence-corrected chi connectivity index (χ3v) is 4.70. The molecule has 0 bridgehead atoms. The lowest BCUT2D eigenvalue weighted by molar-refractivity contribution is -0.137. The van der Waals surface area contributed by atoms with Crippen molar-refractivity contribution in [1.29, 1.82) is 0 Å². The molecule has 0 aliphatic carbocycles. The number of rotatable bonds is 2. The molecule has 2 fully saturated rings. The van der Waals surface area contributed by atoms with Crippen molar-refractivity contribution in [3.63, 3.8) is 0 Å². The Balaban J connectivity index is 1.60. The van der Waals surface area contributed by atoms with Crippen molar-refractivity contribution in [3.05, 3.63) is 35.4 Å². The summed E-state index contributed by atoms with van der Waals surface area (Å²) in [5.74, 6) is 0. The van der Waals surface area contributed by atoms with Gasteiger partial charge in [-0.25, -0.2) is 0 Å². The van der Waals surface area contributed by atoms with Gasteiger partial charge in [-0.15, -0.1) is 0 Å². The Morgan fingerprint density at radius 2 is 1.86 bits per heavy atom. The molecule has 2 aliphatic heterocycles. The number of nitrogens with one attached hydrogen (secondary N) is 1. The van der Waals surface area contributed by atoms with Crippen molar-refractivity contribution in [2.24, 2.45) is 0 Å². The normalized spacial score (nSPS) is 27.4. The lowest BCUT2D eigenvalue weighted by atomic mass is 9.88. The van der Waals surface area contributed by atoms with Crippen LogP contribution in [0.3, 0.4) is 0 Å². The Morgan fingerprint density at radius 1 is 1.10 bits per heavy atom. The van der Waals surface area contributed by atoms with E-state index in [0.717, 1.165) is 38.2 Å². The van der Waals surface area contributed by atoms with E-state index in [4.69, 9.17) is 0 Å². The molecule has 1 aromatic carbocycles. The van der Waals surface area contributed by atoms with Crippen LogP contribution < -0.4 is 5.32 Å². The van der Waals surface area contributed by atoms with Gasteiger partial charge in [0.1, 0.15) is 0 Å². The lowest BCUT2D eigenvalue weighted by Crippen LogP contribution is -2.50. The maximum Gasteiger partial charge on any atom is 0.416 e. The molecule has 116 valence electrons. The molecule has 5 heteroatoms. The van der Waals surface area contributed by atoms with Gasteiger partial charge in [-0.1, -0.05) is 18.6 Å². The second-order valence-corrected chi connectivity index (χ2v) is 6.32. The van der Waals surface area contributed by atoms with Crippen LogP contribution >= 0.6 is 0 Å². The Hall–Kier alpha value is -1.07. The van der Waals surface area contributed by atoms with Crippen LogP contribution in [0.2, 0.25) is 0 Å². The molecular formula is C16H21F3N2. The van der Waals surface area contributed by atoms with Crippen LogP contribution in [0.1, 0.15) is 36.8 Å². The number of hydrogen-bond donors (Lipinski definition) is 1. The van der Waals surface area contributed by atoms with Gasteiger partial charge < -0.3 is 5.32 Å². The highest BCUT2D eigenvalue weighted by molar-refractivity contribution is 5.24. The van der Waals surface area contributed by atoms with Crippen LogP contribution in [0, 0.1) is 0 Å². The van der Waals surface area contributed by atoms with Gasteiger partial charge in [0.25, 0.3) is 0 Å². The van der Waals surface area contributed by atoms with E-state index in [2.05, 4.69) is 10.2 Å². The molecule has 0 radical (unpaired) electrons. The zero-order valence-electron chi connectivity index (χ0n) is 12.0. The van der Waals surface area contributed by atoms with Crippen LogP contribution in [-0.2, 0) is 12.7 Å². The molecule has 1 spiro atoms. The molecule has 2 aliphatic rings. The van der Waals surface area contributed by atoms with Gasteiger partial charge in [0, 0.05) is 25.2 Å². The van der Waals surface area contributed by atoms with E-state index in [1.165, 1.54) is 31.4 Å². The molecule has 3 rings (SSSR count). The number of hydrogen-bond acceptors (Lipinski definition) is 2. The summed E-state index contributed by atoms with van der Waals surface area (Å²) in [7, 11) is 0. The summed E-state index contributed by atoms with van der Waals surface area (Å²) in [6.07, 6.45) is 0.647. The fourth-order valence-electron chi connectivity index (χ4n) is 3.53. The van der Waals surface area contributed by atoms with Gasteiger partial charge in [0.05, 0.1) is 5.56 Å². The minimum atomic E-state index is -4.25. The molecule has 0 aromatic heterocycles. The largest absolute Gasteiger partial charge is 0.416 e. The highest BCUT2D eigenvalue weighted by Gasteiger charge is 2.38. The second kappa shape index (κ2) is 5.61. The van der Waals surface area contributed by atoms with Crippen LogP contribution in [0.4, 0.5) is 13.2 Å². The topological polar surface area (TPSA) is 15.3 Å². The minimum Gasteiger partial charge on any atom is -0.310 e. The first kappa shape index (κ1) is 14.9. The Kier molecular flexibility index (Phi) is 3.97. The van der Waals surface area contributed by atoms with Gasteiger partial charge in [-0.2, -0.15) is 13.2 Å². The summed E-state index contributed by atoms with van der Waals surface area (Å²) < 4.78 is 37.6. The van der Waals surface area contributed by atoms with E-state index in [-0.39, 0.29) is 5.54 Å². The quantitative estimate of drug-likeness (QED) is 0.900. The van der Waals surface area contributed by atoms with Crippen molar-refractivity contribution in [2.45, 2.75) is 43.9 Å². The molecule has 2 nitrogen and oxygen atoms in total. The molecule has 0 unspecified atom stereocenters. The number of likely N-dealkylation sites (tertiary alicyclic amines) is 1. The Labute approximate surface area is 123 Å². The van der Waals surface area contributed by atoms with Gasteiger partial charge in [0.2, 0.25) is 0 Å². The first-order valence-corrected chi connectivity index (χ1v) is 7.60. The van der Waals surface area contributed by atoms with Crippen molar-refractivity contribution < 1.29 is 13.2 Å². The van der Waals surface area contributed by atoms with E-state index < -0.39 is 11.7 Å². The number of alkyl halides is 3. The first-order chi connectivity index (χ1) is 9.97. The second-order valence-electron chi connectivity index (χ2n) is 6.32. The Bertz CT molecular complexity index is 475.